The van der Waals surface area contributed by atoms with E-state index < -0.39 is 0 Å². The monoisotopic (exact) mass is 246 g/mol. The van der Waals surface area contributed by atoms with Gasteiger partial charge in [-0.3, -0.25) is 4.98 Å². The Kier molecular flexibility index (Phi) is 7.18. The smallest absolute Gasteiger partial charge is 0.0890 e. The third-order valence-corrected chi connectivity index (χ3v) is 2.22. The molecule has 2 heteroatoms. The van der Waals surface area contributed by atoms with Crippen LogP contribution in [0.4, 0.5) is 0 Å². The average molecular weight is 246 g/mol. The van der Waals surface area contributed by atoms with Gasteiger partial charge in [-0.25, -0.2) is 4.98 Å². The Morgan fingerprint density at radius 1 is 0.833 bits per heavy atom. The molecular weight excluding hydrogens is 220 g/mol. The lowest BCUT2D eigenvalue weighted by molar-refractivity contribution is 0.568. The summed E-state index contributed by atoms with van der Waals surface area (Å²) in [4.78, 5) is 8.97. The van der Waals surface area contributed by atoms with Crippen LogP contribution in [0.25, 0.3) is 11.0 Å². The quantitative estimate of drug-likeness (QED) is 0.655. The standard InChI is InChI=1S/C12H14N2.2C2H6/c1-12(2,3)11-8-13-9-6-4-5-7-10(9)14-11;2*1-2/h4-8H,1-3H3;2*1-2H3. The number of para-hydroxylation sites is 2. The molecule has 0 unspecified atom stereocenters. The first-order valence-corrected chi connectivity index (χ1v) is 6.80. The molecule has 2 rings (SSSR count). The minimum absolute atomic E-state index is 0.0665. The molecule has 0 aliphatic carbocycles. The average Bonchev–Trinajstić information content (AvgIpc) is 2.42. The Balaban J connectivity index is 0.000000659. The van der Waals surface area contributed by atoms with E-state index in [2.05, 4.69) is 30.7 Å². The molecule has 0 bridgehead atoms. The van der Waals surface area contributed by atoms with Crippen LogP contribution < -0.4 is 0 Å². The summed E-state index contributed by atoms with van der Waals surface area (Å²) < 4.78 is 0. The molecule has 0 spiro atoms. The van der Waals surface area contributed by atoms with Crippen molar-refractivity contribution in [1.29, 1.82) is 0 Å². The van der Waals surface area contributed by atoms with Gasteiger partial charge in [-0.15, -0.1) is 0 Å². The van der Waals surface area contributed by atoms with Crippen molar-refractivity contribution in [3.63, 3.8) is 0 Å². The molecule has 0 saturated carbocycles. The number of nitrogens with zero attached hydrogens (tertiary/aromatic N) is 2. The van der Waals surface area contributed by atoms with Gasteiger partial charge in [0.05, 0.1) is 16.7 Å². The third kappa shape index (κ3) is 4.44. The normalized spacial score (nSPS) is 9.94. The van der Waals surface area contributed by atoms with Gasteiger partial charge in [0.25, 0.3) is 0 Å². The molecule has 0 saturated heterocycles. The maximum atomic E-state index is 4.58. The lowest BCUT2D eigenvalue weighted by atomic mass is 9.92. The van der Waals surface area contributed by atoms with Crippen molar-refractivity contribution in [2.75, 3.05) is 0 Å². The highest BCUT2D eigenvalue weighted by atomic mass is 14.8. The van der Waals surface area contributed by atoms with Gasteiger partial charge in [-0.05, 0) is 12.1 Å². The van der Waals surface area contributed by atoms with Crippen LogP contribution in [0.3, 0.4) is 0 Å². The topological polar surface area (TPSA) is 25.8 Å². The fraction of sp³-hybridized carbons (Fsp3) is 0.500. The maximum Gasteiger partial charge on any atom is 0.0890 e. The maximum absolute atomic E-state index is 4.58. The summed E-state index contributed by atoms with van der Waals surface area (Å²) in [7, 11) is 0. The van der Waals surface area contributed by atoms with Crippen molar-refractivity contribution in [3.05, 3.63) is 36.2 Å². The number of fused-ring (bicyclic) bond motifs is 1. The predicted molar refractivity (Wildman–Crippen MR) is 80.9 cm³/mol. The zero-order valence-corrected chi connectivity index (χ0v) is 12.8. The Morgan fingerprint density at radius 2 is 1.33 bits per heavy atom. The van der Waals surface area contributed by atoms with Crippen LogP contribution in [0, 0.1) is 0 Å². The largest absolute Gasteiger partial charge is 0.253 e. The van der Waals surface area contributed by atoms with Crippen LogP contribution >= 0.6 is 0 Å². The summed E-state index contributed by atoms with van der Waals surface area (Å²) >= 11 is 0. The summed E-state index contributed by atoms with van der Waals surface area (Å²) in [5.74, 6) is 0. The van der Waals surface area contributed by atoms with Crippen molar-refractivity contribution in [2.45, 2.75) is 53.9 Å². The fourth-order valence-electron chi connectivity index (χ4n) is 1.32. The van der Waals surface area contributed by atoms with E-state index in [0.29, 0.717) is 0 Å². The lowest BCUT2D eigenvalue weighted by Crippen LogP contribution is -2.13. The molecule has 100 valence electrons. The molecule has 1 aromatic carbocycles. The van der Waals surface area contributed by atoms with Crippen molar-refractivity contribution in [1.82, 2.24) is 9.97 Å². The van der Waals surface area contributed by atoms with E-state index in [9.17, 15) is 0 Å². The number of benzene rings is 1. The zero-order valence-electron chi connectivity index (χ0n) is 12.8. The second kappa shape index (κ2) is 7.80. The van der Waals surface area contributed by atoms with E-state index in [4.69, 9.17) is 0 Å². The van der Waals surface area contributed by atoms with Crippen LogP contribution in [0.15, 0.2) is 30.5 Å². The molecule has 0 atom stereocenters. The van der Waals surface area contributed by atoms with E-state index in [1.165, 1.54) is 0 Å². The van der Waals surface area contributed by atoms with Gasteiger partial charge in [-0.1, -0.05) is 60.6 Å². The summed E-state index contributed by atoms with van der Waals surface area (Å²) in [6.07, 6.45) is 1.86. The Hall–Kier alpha value is -1.44. The van der Waals surface area contributed by atoms with Crippen LogP contribution in [-0.4, -0.2) is 9.97 Å². The second-order valence-corrected chi connectivity index (χ2v) is 4.49. The predicted octanol–water partition coefficient (Wildman–Crippen LogP) is 4.98. The molecule has 2 aromatic rings. The van der Waals surface area contributed by atoms with Crippen molar-refractivity contribution in [2.24, 2.45) is 0 Å². The Labute approximate surface area is 111 Å². The number of hydrogen-bond donors (Lipinski definition) is 0. The van der Waals surface area contributed by atoms with Crippen molar-refractivity contribution >= 4 is 11.0 Å². The molecule has 1 aromatic heterocycles. The van der Waals surface area contributed by atoms with Crippen molar-refractivity contribution < 1.29 is 0 Å². The number of rotatable bonds is 0. The van der Waals surface area contributed by atoms with Gasteiger partial charge < -0.3 is 0 Å². The molecule has 0 aliphatic rings. The van der Waals surface area contributed by atoms with Gasteiger partial charge in [0.1, 0.15) is 0 Å². The lowest BCUT2D eigenvalue weighted by Gasteiger charge is -2.17. The highest BCUT2D eigenvalue weighted by Crippen LogP contribution is 2.20. The first-order valence-electron chi connectivity index (χ1n) is 6.80. The SMILES string of the molecule is CC.CC.CC(C)(C)c1cnc2ccccc2n1. The minimum Gasteiger partial charge on any atom is -0.253 e. The Morgan fingerprint density at radius 3 is 1.83 bits per heavy atom. The van der Waals surface area contributed by atoms with Gasteiger partial charge in [0.2, 0.25) is 0 Å². The first kappa shape index (κ1) is 16.6. The Bertz CT molecular complexity index is 456. The highest BCUT2D eigenvalue weighted by molar-refractivity contribution is 5.73. The highest BCUT2D eigenvalue weighted by Gasteiger charge is 2.15. The van der Waals surface area contributed by atoms with E-state index in [-0.39, 0.29) is 5.41 Å². The third-order valence-electron chi connectivity index (χ3n) is 2.22. The minimum atomic E-state index is 0.0665. The van der Waals surface area contributed by atoms with E-state index in [1.54, 1.807) is 0 Å². The van der Waals surface area contributed by atoms with Gasteiger partial charge in [-0.2, -0.15) is 0 Å². The number of hydrogen-bond acceptors (Lipinski definition) is 2. The zero-order chi connectivity index (χ0) is 14.2. The summed E-state index contributed by atoms with van der Waals surface area (Å²) in [5, 5.41) is 0. The van der Waals surface area contributed by atoms with Gasteiger partial charge >= 0.3 is 0 Å². The van der Waals surface area contributed by atoms with E-state index >= 15 is 0 Å². The second-order valence-electron chi connectivity index (χ2n) is 4.49. The molecule has 2 nitrogen and oxygen atoms in total. The molecule has 1 heterocycles. The van der Waals surface area contributed by atoms with E-state index in [0.717, 1.165) is 16.7 Å². The van der Waals surface area contributed by atoms with Gasteiger partial charge in [0, 0.05) is 11.6 Å². The molecule has 0 fully saturated rings. The van der Waals surface area contributed by atoms with Gasteiger partial charge in [0.15, 0.2) is 0 Å². The van der Waals surface area contributed by atoms with Crippen LogP contribution in [0.2, 0.25) is 0 Å². The van der Waals surface area contributed by atoms with Crippen LogP contribution in [0.5, 0.6) is 0 Å². The summed E-state index contributed by atoms with van der Waals surface area (Å²) in [5.41, 5.74) is 3.04. The van der Waals surface area contributed by atoms with Crippen LogP contribution in [0.1, 0.15) is 54.2 Å². The van der Waals surface area contributed by atoms with Crippen molar-refractivity contribution in [3.8, 4) is 0 Å². The van der Waals surface area contributed by atoms with Crippen LogP contribution in [-0.2, 0) is 5.41 Å². The molecule has 0 N–H and O–H groups in total. The molecule has 18 heavy (non-hydrogen) atoms. The number of aromatic nitrogens is 2. The first-order chi connectivity index (χ1) is 8.57. The summed E-state index contributed by atoms with van der Waals surface area (Å²) in [6, 6.07) is 7.95. The molecule has 0 radical (unpaired) electrons. The van der Waals surface area contributed by atoms with E-state index in [1.807, 2.05) is 58.2 Å². The fourth-order valence-corrected chi connectivity index (χ4v) is 1.32. The molecule has 0 amide bonds. The summed E-state index contributed by atoms with van der Waals surface area (Å²) in [6.45, 7) is 14.4. The molecular formula is C16H26N2. The molecule has 0 aliphatic heterocycles.